The van der Waals surface area contributed by atoms with E-state index in [1.54, 1.807) is 6.08 Å². The number of carbonyl (C=O) groups is 1. The van der Waals surface area contributed by atoms with E-state index >= 15 is 0 Å². The van der Waals surface area contributed by atoms with Crippen LogP contribution in [0.25, 0.3) is 6.08 Å². The lowest BCUT2D eigenvalue weighted by molar-refractivity contribution is -0.113. The zero-order valence-electron chi connectivity index (χ0n) is 11.9. The summed E-state index contributed by atoms with van der Waals surface area (Å²) in [4.78, 5) is 13.9. The van der Waals surface area contributed by atoms with Crippen LogP contribution < -0.4 is 4.90 Å². The Labute approximate surface area is 120 Å². The zero-order chi connectivity index (χ0) is 14.4. The molecule has 0 aromatic heterocycles. The van der Waals surface area contributed by atoms with Crippen molar-refractivity contribution < 1.29 is 4.79 Å². The second kappa shape index (κ2) is 6.71. The van der Waals surface area contributed by atoms with Crippen LogP contribution in [0.5, 0.6) is 0 Å². The van der Waals surface area contributed by atoms with Crippen molar-refractivity contribution in [2.75, 3.05) is 19.0 Å². The number of hydrogen-bond acceptors (Lipinski definition) is 2. The summed E-state index contributed by atoms with van der Waals surface area (Å²) in [5.74, 6) is 0.118. The monoisotopic (exact) mass is 265 g/mol. The number of rotatable bonds is 5. The molecule has 2 aromatic rings. The van der Waals surface area contributed by atoms with E-state index in [1.165, 1.54) is 0 Å². The van der Waals surface area contributed by atoms with Gasteiger partial charge in [0.15, 0.2) is 5.78 Å². The molecule has 0 atom stereocenters. The number of carbonyl (C=O) groups excluding carboxylic acids is 1. The molecule has 0 N–H and O–H groups in total. The average molecular weight is 265 g/mol. The van der Waals surface area contributed by atoms with Crippen LogP contribution in [0.2, 0.25) is 0 Å². The number of anilines is 1. The Morgan fingerprint density at radius 3 is 2.25 bits per heavy atom. The molecule has 0 saturated carbocycles. The van der Waals surface area contributed by atoms with Crippen LogP contribution >= 0.6 is 0 Å². The van der Waals surface area contributed by atoms with E-state index < -0.39 is 0 Å². The first kappa shape index (κ1) is 14.1. The zero-order valence-corrected chi connectivity index (χ0v) is 11.9. The molecule has 0 saturated heterocycles. The Balaban J connectivity index is 1.97. The maximum Gasteiger partial charge on any atom is 0.160 e. The highest BCUT2D eigenvalue weighted by Gasteiger charge is 1.99. The van der Waals surface area contributed by atoms with Gasteiger partial charge in [0.1, 0.15) is 0 Å². The molecule has 0 aliphatic rings. The van der Waals surface area contributed by atoms with E-state index in [1.807, 2.05) is 79.7 Å². The molecule has 0 amide bonds. The third-order valence-electron chi connectivity index (χ3n) is 3.09. The Hall–Kier alpha value is -2.35. The molecule has 2 rings (SSSR count). The molecule has 0 aliphatic carbocycles. The summed E-state index contributed by atoms with van der Waals surface area (Å²) in [6.45, 7) is 0. The van der Waals surface area contributed by atoms with Crippen LogP contribution in [0.4, 0.5) is 5.69 Å². The minimum atomic E-state index is 0.118. The summed E-state index contributed by atoms with van der Waals surface area (Å²) < 4.78 is 0. The summed E-state index contributed by atoms with van der Waals surface area (Å²) in [5, 5.41) is 0. The second-order valence-electron chi connectivity index (χ2n) is 4.95. The van der Waals surface area contributed by atoms with Crippen molar-refractivity contribution in [2.45, 2.75) is 6.42 Å². The average Bonchev–Trinajstić information content (AvgIpc) is 2.46. The standard InChI is InChI=1S/C18H19NO/c1-19(2)17-11-8-15(9-12-17)10-13-18(20)14-16-6-4-3-5-7-16/h3-13H,14H2,1-2H3/b13-10+. The fraction of sp³-hybridized carbons (Fsp3) is 0.167. The lowest BCUT2D eigenvalue weighted by Crippen LogP contribution is -2.07. The third-order valence-corrected chi connectivity index (χ3v) is 3.09. The highest BCUT2D eigenvalue weighted by atomic mass is 16.1. The normalized spacial score (nSPS) is 10.7. The summed E-state index contributed by atoms with van der Waals surface area (Å²) >= 11 is 0. The molecular formula is C18H19NO. The Morgan fingerprint density at radius 2 is 1.65 bits per heavy atom. The van der Waals surface area contributed by atoms with Crippen LogP contribution in [0.1, 0.15) is 11.1 Å². The van der Waals surface area contributed by atoms with Crippen LogP contribution in [-0.2, 0) is 11.2 Å². The Kier molecular flexibility index (Phi) is 4.72. The van der Waals surface area contributed by atoms with E-state index in [4.69, 9.17) is 0 Å². The van der Waals surface area contributed by atoms with Crippen LogP contribution in [0.3, 0.4) is 0 Å². The van der Waals surface area contributed by atoms with E-state index in [9.17, 15) is 4.79 Å². The van der Waals surface area contributed by atoms with Gasteiger partial charge in [-0.25, -0.2) is 0 Å². The van der Waals surface area contributed by atoms with Crippen LogP contribution in [-0.4, -0.2) is 19.9 Å². The minimum Gasteiger partial charge on any atom is -0.378 e. The molecule has 0 heterocycles. The molecule has 0 spiro atoms. The maximum absolute atomic E-state index is 11.9. The Bertz CT molecular complexity index is 583. The summed E-state index contributed by atoms with van der Waals surface area (Å²) in [7, 11) is 4.02. The van der Waals surface area contributed by atoms with Gasteiger partial charge in [-0.3, -0.25) is 4.79 Å². The van der Waals surface area contributed by atoms with Gasteiger partial charge in [0.2, 0.25) is 0 Å². The number of benzene rings is 2. The lowest BCUT2D eigenvalue weighted by Gasteiger charge is -2.11. The number of hydrogen-bond donors (Lipinski definition) is 0. The van der Waals surface area contributed by atoms with Crippen molar-refractivity contribution in [1.29, 1.82) is 0 Å². The fourth-order valence-electron chi connectivity index (χ4n) is 1.93. The van der Waals surface area contributed by atoms with E-state index in [0.29, 0.717) is 6.42 Å². The molecule has 0 aliphatic heterocycles. The first-order valence-corrected chi connectivity index (χ1v) is 6.67. The van der Waals surface area contributed by atoms with Gasteiger partial charge < -0.3 is 4.90 Å². The first-order valence-electron chi connectivity index (χ1n) is 6.67. The quantitative estimate of drug-likeness (QED) is 0.770. The maximum atomic E-state index is 11.9. The molecule has 0 fully saturated rings. The van der Waals surface area contributed by atoms with Crippen molar-refractivity contribution in [3.05, 3.63) is 71.8 Å². The Morgan fingerprint density at radius 1 is 1.00 bits per heavy atom. The van der Waals surface area contributed by atoms with Crippen molar-refractivity contribution in [2.24, 2.45) is 0 Å². The van der Waals surface area contributed by atoms with Crippen molar-refractivity contribution >= 4 is 17.5 Å². The SMILES string of the molecule is CN(C)c1ccc(/C=C/C(=O)Cc2ccccc2)cc1. The second-order valence-corrected chi connectivity index (χ2v) is 4.95. The minimum absolute atomic E-state index is 0.118. The highest BCUT2D eigenvalue weighted by Crippen LogP contribution is 2.13. The summed E-state index contributed by atoms with van der Waals surface area (Å²) in [6.07, 6.45) is 3.97. The first-order chi connectivity index (χ1) is 9.65. The van der Waals surface area contributed by atoms with Gasteiger partial charge >= 0.3 is 0 Å². The highest BCUT2D eigenvalue weighted by molar-refractivity contribution is 5.95. The fourth-order valence-corrected chi connectivity index (χ4v) is 1.93. The molecular weight excluding hydrogens is 246 g/mol. The number of ketones is 1. The van der Waals surface area contributed by atoms with Gasteiger partial charge in [-0.15, -0.1) is 0 Å². The predicted octanol–water partition coefficient (Wildman–Crippen LogP) is 3.58. The molecule has 2 heteroatoms. The van der Waals surface area contributed by atoms with E-state index in [0.717, 1.165) is 16.8 Å². The predicted molar refractivity (Wildman–Crippen MR) is 85.0 cm³/mol. The third kappa shape index (κ3) is 4.09. The molecule has 2 aromatic carbocycles. The summed E-state index contributed by atoms with van der Waals surface area (Å²) in [6, 6.07) is 17.9. The van der Waals surface area contributed by atoms with Gasteiger partial charge in [0, 0.05) is 26.2 Å². The van der Waals surface area contributed by atoms with Gasteiger partial charge in [-0.1, -0.05) is 48.5 Å². The molecule has 102 valence electrons. The van der Waals surface area contributed by atoms with Gasteiger partial charge in [0.25, 0.3) is 0 Å². The topological polar surface area (TPSA) is 20.3 Å². The van der Waals surface area contributed by atoms with Crippen molar-refractivity contribution in [1.82, 2.24) is 0 Å². The molecule has 2 nitrogen and oxygen atoms in total. The van der Waals surface area contributed by atoms with Gasteiger partial charge in [-0.2, -0.15) is 0 Å². The van der Waals surface area contributed by atoms with Crippen molar-refractivity contribution in [3.63, 3.8) is 0 Å². The van der Waals surface area contributed by atoms with Gasteiger partial charge in [0.05, 0.1) is 0 Å². The molecule has 0 bridgehead atoms. The van der Waals surface area contributed by atoms with E-state index in [2.05, 4.69) is 0 Å². The van der Waals surface area contributed by atoms with Crippen molar-refractivity contribution in [3.8, 4) is 0 Å². The summed E-state index contributed by atoms with van der Waals surface area (Å²) in [5.41, 5.74) is 3.24. The van der Waals surface area contributed by atoms with Crippen LogP contribution in [0.15, 0.2) is 60.7 Å². The number of allylic oxidation sites excluding steroid dienone is 1. The van der Waals surface area contributed by atoms with Crippen LogP contribution in [0, 0.1) is 0 Å². The largest absolute Gasteiger partial charge is 0.378 e. The molecule has 0 radical (unpaired) electrons. The smallest absolute Gasteiger partial charge is 0.160 e. The molecule has 0 unspecified atom stereocenters. The molecule has 20 heavy (non-hydrogen) atoms. The van der Waals surface area contributed by atoms with Gasteiger partial charge in [-0.05, 0) is 29.3 Å². The van der Waals surface area contributed by atoms with E-state index in [-0.39, 0.29) is 5.78 Å². The number of nitrogens with zero attached hydrogens (tertiary/aromatic N) is 1. The lowest BCUT2D eigenvalue weighted by atomic mass is 10.1.